The highest BCUT2D eigenvalue weighted by Gasteiger charge is 2.16. The maximum atomic E-state index is 13.1. The fraction of sp³-hybridized carbons (Fsp3) is 0. The van der Waals surface area contributed by atoms with Gasteiger partial charge in [0.2, 0.25) is 5.78 Å². The van der Waals surface area contributed by atoms with E-state index in [4.69, 9.17) is 4.99 Å². The second kappa shape index (κ2) is 7.33. The van der Waals surface area contributed by atoms with Gasteiger partial charge in [-0.25, -0.2) is 4.99 Å². The van der Waals surface area contributed by atoms with Gasteiger partial charge in [0.15, 0.2) is 4.80 Å². The van der Waals surface area contributed by atoms with E-state index in [-0.39, 0.29) is 5.78 Å². The summed E-state index contributed by atoms with van der Waals surface area (Å²) in [7, 11) is 0. The highest BCUT2D eigenvalue weighted by molar-refractivity contribution is 7.07. The largest absolute Gasteiger partial charge is 0.287 e. The second-order valence-corrected chi connectivity index (χ2v) is 6.55. The molecule has 3 nitrogen and oxygen atoms in total. The van der Waals surface area contributed by atoms with Crippen LogP contribution in [0.2, 0.25) is 0 Å². The lowest BCUT2D eigenvalue weighted by Gasteiger charge is -2.08. The fourth-order valence-electron chi connectivity index (χ4n) is 2.73. The molecule has 0 atom stereocenters. The zero-order chi connectivity index (χ0) is 17.8. The maximum absolute atomic E-state index is 13.1. The monoisotopic (exact) mass is 356 g/mol. The molecule has 1 heterocycles. The summed E-state index contributed by atoms with van der Waals surface area (Å²) in [6.45, 7) is 0. The number of rotatable bonds is 4. The molecule has 0 N–H and O–H groups in total. The molecule has 0 saturated carbocycles. The first-order valence-corrected chi connectivity index (χ1v) is 9.16. The van der Waals surface area contributed by atoms with Crippen LogP contribution in [0.4, 0.5) is 5.69 Å². The van der Waals surface area contributed by atoms with Crippen LogP contribution in [0.15, 0.2) is 101 Å². The topological polar surface area (TPSA) is 34.4 Å². The van der Waals surface area contributed by atoms with Gasteiger partial charge in [-0.2, -0.15) is 0 Å². The average molecular weight is 356 g/mol. The first-order chi connectivity index (χ1) is 12.8. The molecule has 26 heavy (non-hydrogen) atoms. The zero-order valence-corrected chi connectivity index (χ0v) is 14.8. The number of ketones is 1. The summed E-state index contributed by atoms with van der Waals surface area (Å²) >= 11 is 1.46. The third kappa shape index (κ3) is 3.27. The van der Waals surface area contributed by atoms with Crippen LogP contribution in [-0.4, -0.2) is 10.4 Å². The molecule has 0 aliphatic rings. The molecule has 0 bridgehead atoms. The summed E-state index contributed by atoms with van der Waals surface area (Å²) in [6.07, 6.45) is 0. The highest BCUT2D eigenvalue weighted by Crippen LogP contribution is 2.17. The molecule has 126 valence electrons. The molecule has 4 rings (SSSR count). The minimum absolute atomic E-state index is 0.0137. The molecule has 0 saturated heterocycles. The standard InChI is InChI=1S/C22H16N2OS/c25-21(17-10-4-1-5-11-17)20-16-26-22(23-18-12-6-2-7-13-18)24(20)19-14-8-3-9-15-19/h1-16H. The van der Waals surface area contributed by atoms with Crippen LogP contribution < -0.4 is 4.80 Å². The van der Waals surface area contributed by atoms with Gasteiger partial charge < -0.3 is 0 Å². The van der Waals surface area contributed by atoms with Gasteiger partial charge in [-0.15, -0.1) is 11.3 Å². The van der Waals surface area contributed by atoms with Crippen molar-refractivity contribution < 1.29 is 4.79 Å². The van der Waals surface area contributed by atoms with Gasteiger partial charge in [0, 0.05) is 16.6 Å². The van der Waals surface area contributed by atoms with Crippen molar-refractivity contribution in [1.29, 1.82) is 0 Å². The molecule has 0 aliphatic carbocycles. The Morgan fingerprint density at radius 1 is 0.769 bits per heavy atom. The Morgan fingerprint density at radius 3 is 2.00 bits per heavy atom. The Bertz CT molecular complexity index is 1080. The van der Waals surface area contributed by atoms with E-state index in [2.05, 4.69) is 0 Å². The third-order valence-corrected chi connectivity index (χ3v) is 4.80. The van der Waals surface area contributed by atoms with Crippen molar-refractivity contribution in [3.8, 4) is 5.69 Å². The van der Waals surface area contributed by atoms with E-state index in [0.717, 1.165) is 16.2 Å². The average Bonchev–Trinajstić information content (AvgIpc) is 3.13. The smallest absolute Gasteiger partial charge is 0.210 e. The number of benzene rings is 3. The molecule has 4 heteroatoms. The van der Waals surface area contributed by atoms with Gasteiger partial charge in [0.1, 0.15) is 5.69 Å². The van der Waals surface area contributed by atoms with Crippen LogP contribution in [-0.2, 0) is 0 Å². The van der Waals surface area contributed by atoms with Gasteiger partial charge >= 0.3 is 0 Å². The van der Waals surface area contributed by atoms with Crippen molar-refractivity contribution in [3.63, 3.8) is 0 Å². The number of thiazole rings is 1. The van der Waals surface area contributed by atoms with Crippen molar-refractivity contribution in [2.75, 3.05) is 0 Å². The third-order valence-electron chi connectivity index (χ3n) is 3.97. The Hall–Kier alpha value is -3.24. The van der Waals surface area contributed by atoms with E-state index in [1.807, 2.05) is 101 Å². The maximum Gasteiger partial charge on any atom is 0.210 e. The quantitative estimate of drug-likeness (QED) is 0.474. The van der Waals surface area contributed by atoms with E-state index < -0.39 is 0 Å². The summed E-state index contributed by atoms with van der Waals surface area (Å²) in [4.78, 5) is 18.6. The Kier molecular flexibility index (Phi) is 4.58. The molecular weight excluding hydrogens is 340 g/mol. The van der Waals surface area contributed by atoms with Crippen LogP contribution in [0.1, 0.15) is 16.1 Å². The lowest BCUT2D eigenvalue weighted by atomic mass is 10.1. The van der Waals surface area contributed by atoms with E-state index >= 15 is 0 Å². The van der Waals surface area contributed by atoms with Crippen LogP contribution in [0.3, 0.4) is 0 Å². The van der Waals surface area contributed by atoms with E-state index in [1.54, 1.807) is 0 Å². The first-order valence-electron chi connectivity index (χ1n) is 8.28. The number of para-hydroxylation sites is 2. The molecule has 0 unspecified atom stereocenters. The molecule has 4 aromatic rings. The second-order valence-electron chi connectivity index (χ2n) is 5.72. The summed E-state index contributed by atoms with van der Waals surface area (Å²) < 4.78 is 1.92. The molecule has 0 radical (unpaired) electrons. The normalized spacial score (nSPS) is 11.5. The van der Waals surface area contributed by atoms with Gasteiger partial charge in [0.05, 0.1) is 5.69 Å². The van der Waals surface area contributed by atoms with Crippen LogP contribution >= 0.6 is 11.3 Å². The van der Waals surface area contributed by atoms with Crippen LogP contribution in [0, 0.1) is 0 Å². The van der Waals surface area contributed by atoms with Crippen molar-refractivity contribution in [2.24, 2.45) is 4.99 Å². The summed E-state index contributed by atoms with van der Waals surface area (Å²) in [5.74, 6) is -0.0137. The predicted molar refractivity (Wildman–Crippen MR) is 105 cm³/mol. The number of hydrogen-bond donors (Lipinski definition) is 0. The molecular formula is C22H16N2OS. The van der Waals surface area contributed by atoms with Crippen molar-refractivity contribution in [1.82, 2.24) is 4.57 Å². The summed E-state index contributed by atoms with van der Waals surface area (Å²) in [6, 6.07) is 29.0. The van der Waals surface area contributed by atoms with Crippen molar-refractivity contribution >= 4 is 22.8 Å². The zero-order valence-electron chi connectivity index (χ0n) is 13.9. The first kappa shape index (κ1) is 16.2. The SMILES string of the molecule is O=C(c1ccccc1)c1csc(=Nc2ccccc2)n1-c1ccccc1. The molecule has 1 aromatic heterocycles. The lowest BCUT2D eigenvalue weighted by molar-refractivity contribution is 0.103. The Balaban J connectivity index is 1.91. The Morgan fingerprint density at radius 2 is 1.35 bits per heavy atom. The minimum Gasteiger partial charge on any atom is -0.287 e. The minimum atomic E-state index is -0.0137. The molecule has 0 aliphatic heterocycles. The fourth-order valence-corrected chi connectivity index (χ4v) is 3.62. The molecule has 0 spiro atoms. The van der Waals surface area contributed by atoms with Gasteiger partial charge in [0.25, 0.3) is 0 Å². The lowest BCUT2D eigenvalue weighted by Crippen LogP contribution is -2.18. The summed E-state index contributed by atoms with van der Waals surface area (Å²) in [5.41, 5.74) is 3.06. The number of nitrogens with zero attached hydrogens (tertiary/aromatic N) is 2. The van der Waals surface area contributed by atoms with Gasteiger partial charge in [-0.3, -0.25) is 9.36 Å². The van der Waals surface area contributed by atoms with Crippen LogP contribution in [0.25, 0.3) is 5.69 Å². The molecule has 0 amide bonds. The van der Waals surface area contributed by atoms with Crippen molar-refractivity contribution in [2.45, 2.75) is 0 Å². The van der Waals surface area contributed by atoms with Gasteiger partial charge in [-0.05, 0) is 24.3 Å². The van der Waals surface area contributed by atoms with Crippen LogP contribution in [0.5, 0.6) is 0 Å². The summed E-state index contributed by atoms with van der Waals surface area (Å²) in [5, 5.41) is 1.88. The van der Waals surface area contributed by atoms with Crippen molar-refractivity contribution in [3.05, 3.63) is 112 Å². The predicted octanol–water partition coefficient (Wildman–Crippen LogP) is 5.00. The number of hydrogen-bond acceptors (Lipinski definition) is 3. The molecule has 0 fully saturated rings. The van der Waals surface area contributed by atoms with Gasteiger partial charge in [-0.1, -0.05) is 66.7 Å². The molecule has 3 aromatic carbocycles. The number of carbonyl (C=O) groups excluding carboxylic acids is 1. The van der Waals surface area contributed by atoms with E-state index in [0.29, 0.717) is 11.3 Å². The number of aromatic nitrogens is 1. The highest BCUT2D eigenvalue weighted by atomic mass is 32.1. The Labute approximate surface area is 155 Å². The number of carbonyl (C=O) groups is 1. The van der Waals surface area contributed by atoms with E-state index in [9.17, 15) is 4.79 Å². The van der Waals surface area contributed by atoms with E-state index in [1.165, 1.54) is 11.3 Å².